The van der Waals surface area contributed by atoms with E-state index in [4.69, 9.17) is 9.47 Å². The zero-order valence-electron chi connectivity index (χ0n) is 14.7. The Balaban J connectivity index is 2.44. The van der Waals surface area contributed by atoms with Gasteiger partial charge in [0.15, 0.2) is 12.2 Å². The summed E-state index contributed by atoms with van der Waals surface area (Å²) in [5.41, 5.74) is -2.63. The van der Waals surface area contributed by atoms with Crippen LogP contribution in [-0.2, 0) is 19.1 Å². The zero-order chi connectivity index (χ0) is 17.3. The number of aliphatic hydroxyl groups is 1. The molecule has 2 atom stereocenters. The quantitative estimate of drug-likeness (QED) is 0.742. The van der Waals surface area contributed by atoms with Crippen LogP contribution in [0.25, 0.3) is 0 Å². The molecule has 0 bridgehead atoms. The maximum Gasteiger partial charge on any atom is 0.262 e. The fraction of sp³-hybridized carbons (Fsp3) is 0.875. The number of carbonyl (C=O) groups is 2. The predicted octanol–water partition coefficient (Wildman–Crippen LogP) is 1.45. The van der Waals surface area contributed by atoms with Gasteiger partial charge in [0.2, 0.25) is 5.79 Å². The highest BCUT2D eigenvalue weighted by Crippen LogP contribution is 2.51. The first-order valence-electron chi connectivity index (χ1n) is 7.59. The van der Waals surface area contributed by atoms with Crippen molar-refractivity contribution in [1.82, 2.24) is 4.90 Å². The third kappa shape index (κ3) is 2.20. The van der Waals surface area contributed by atoms with Gasteiger partial charge in [-0.25, -0.2) is 0 Å². The summed E-state index contributed by atoms with van der Waals surface area (Å²) in [5, 5.41) is 10.6. The molecular formula is C16H27NO5. The van der Waals surface area contributed by atoms with Gasteiger partial charge in [0.1, 0.15) is 5.60 Å². The van der Waals surface area contributed by atoms with Gasteiger partial charge in [-0.3, -0.25) is 14.5 Å². The molecule has 0 radical (unpaired) electrons. The number of amides is 2. The summed E-state index contributed by atoms with van der Waals surface area (Å²) in [6.45, 7) is 14.0. The number of nitrogens with zero attached hydrogens (tertiary/aromatic N) is 1. The molecule has 126 valence electrons. The van der Waals surface area contributed by atoms with Crippen LogP contribution in [0.4, 0.5) is 0 Å². The molecule has 6 heteroatoms. The maximum absolute atomic E-state index is 12.6. The lowest BCUT2D eigenvalue weighted by Crippen LogP contribution is -2.61. The number of hydrogen-bond donors (Lipinski definition) is 1. The van der Waals surface area contributed by atoms with Gasteiger partial charge in [0.25, 0.3) is 11.8 Å². The molecule has 0 aromatic carbocycles. The Hall–Kier alpha value is -0.980. The Labute approximate surface area is 131 Å². The molecule has 0 saturated carbocycles. The van der Waals surface area contributed by atoms with Crippen LogP contribution in [0, 0.1) is 5.41 Å². The maximum atomic E-state index is 12.6. The molecule has 2 aliphatic rings. The van der Waals surface area contributed by atoms with Crippen LogP contribution >= 0.6 is 0 Å². The Morgan fingerprint density at radius 3 is 1.50 bits per heavy atom. The van der Waals surface area contributed by atoms with Crippen molar-refractivity contribution in [2.24, 2.45) is 5.41 Å². The highest BCUT2D eigenvalue weighted by molar-refractivity contribution is 6.09. The average molecular weight is 313 g/mol. The van der Waals surface area contributed by atoms with Crippen LogP contribution < -0.4 is 0 Å². The number of imide groups is 1. The standard InChI is InChI=1S/C16H27NO5/c1-13(2,3)16(15(7,8)20)21-9-10(22-16)12(19)17(11(9)18)14(4,5)6/h9-10,20H,1-8H3. The van der Waals surface area contributed by atoms with E-state index < -0.39 is 46.4 Å². The largest absolute Gasteiger partial charge is 0.385 e. The molecule has 2 unspecified atom stereocenters. The van der Waals surface area contributed by atoms with Gasteiger partial charge in [0, 0.05) is 11.0 Å². The monoisotopic (exact) mass is 313 g/mol. The molecule has 2 aliphatic heterocycles. The van der Waals surface area contributed by atoms with E-state index in [9.17, 15) is 14.7 Å². The Morgan fingerprint density at radius 1 is 0.909 bits per heavy atom. The van der Waals surface area contributed by atoms with Gasteiger partial charge in [-0.1, -0.05) is 20.8 Å². The van der Waals surface area contributed by atoms with E-state index >= 15 is 0 Å². The smallest absolute Gasteiger partial charge is 0.262 e. The number of rotatable bonds is 1. The zero-order valence-corrected chi connectivity index (χ0v) is 14.7. The summed E-state index contributed by atoms with van der Waals surface area (Å²) in [6.07, 6.45) is -2.00. The van der Waals surface area contributed by atoms with E-state index in [1.807, 2.05) is 20.8 Å². The summed E-state index contributed by atoms with van der Waals surface area (Å²) in [5.74, 6) is -2.24. The first-order valence-corrected chi connectivity index (χ1v) is 7.59. The SMILES string of the molecule is CC(C)(C)N1C(=O)C2OC(C(C)(C)C)(C(C)(C)O)OC2C1=O. The molecule has 0 aromatic rings. The van der Waals surface area contributed by atoms with E-state index in [1.54, 1.807) is 34.6 Å². The fourth-order valence-electron chi connectivity index (χ4n) is 3.45. The summed E-state index contributed by atoms with van der Waals surface area (Å²) in [4.78, 5) is 26.4. The Kier molecular flexibility index (Phi) is 3.57. The van der Waals surface area contributed by atoms with E-state index in [1.165, 1.54) is 4.90 Å². The highest BCUT2D eigenvalue weighted by Gasteiger charge is 2.69. The summed E-state index contributed by atoms with van der Waals surface area (Å²) in [7, 11) is 0. The minimum Gasteiger partial charge on any atom is -0.385 e. The van der Waals surface area contributed by atoms with Crippen LogP contribution in [0.3, 0.4) is 0 Å². The van der Waals surface area contributed by atoms with Crippen LogP contribution in [0.2, 0.25) is 0 Å². The van der Waals surface area contributed by atoms with Crippen LogP contribution in [-0.4, -0.2) is 51.0 Å². The Morgan fingerprint density at radius 2 is 1.27 bits per heavy atom. The van der Waals surface area contributed by atoms with E-state index in [2.05, 4.69) is 0 Å². The number of ether oxygens (including phenoxy) is 2. The lowest BCUT2D eigenvalue weighted by atomic mass is 9.76. The van der Waals surface area contributed by atoms with E-state index in [0.717, 1.165) is 0 Å². The van der Waals surface area contributed by atoms with Crippen LogP contribution in [0.5, 0.6) is 0 Å². The third-order valence-electron chi connectivity index (χ3n) is 4.25. The second-order valence-corrected chi connectivity index (χ2v) is 8.69. The predicted molar refractivity (Wildman–Crippen MR) is 79.8 cm³/mol. The molecule has 1 N–H and O–H groups in total. The van der Waals surface area contributed by atoms with Gasteiger partial charge in [-0.05, 0) is 34.6 Å². The summed E-state index contributed by atoms with van der Waals surface area (Å²) < 4.78 is 11.9. The van der Waals surface area contributed by atoms with Crippen molar-refractivity contribution in [2.75, 3.05) is 0 Å². The van der Waals surface area contributed by atoms with Crippen molar-refractivity contribution in [1.29, 1.82) is 0 Å². The molecule has 2 saturated heterocycles. The molecular weight excluding hydrogens is 286 g/mol. The molecule has 22 heavy (non-hydrogen) atoms. The molecule has 6 nitrogen and oxygen atoms in total. The number of hydrogen-bond acceptors (Lipinski definition) is 5. The lowest BCUT2D eigenvalue weighted by Gasteiger charge is -2.48. The minimum absolute atomic E-state index is 0.405. The molecule has 0 spiro atoms. The van der Waals surface area contributed by atoms with E-state index in [0.29, 0.717) is 0 Å². The number of likely N-dealkylation sites (tertiary alicyclic amines) is 1. The molecule has 2 heterocycles. The fourth-order valence-corrected chi connectivity index (χ4v) is 3.45. The number of carbonyl (C=O) groups excluding carboxylic acids is 2. The third-order valence-corrected chi connectivity index (χ3v) is 4.25. The summed E-state index contributed by atoms with van der Waals surface area (Å²) in [6, 6.07) is 0. The molecule has 2 rings (SSSR count). The van der Waals surface area contributed by atoms with Crippen molar-refractivity contribution in [3.05, 3.63) is 0 Å². The van der Waals surface area contributed by atoms with Crippen LogP contribution in [0.1, 0.15) is 55.4 Å². The van der Waals surface area contributed by atoms with Crippen molar-refractivity contribution < 1.29 is 24.2 Å². The second-order valence-electron chi connectivity index (χ2n) is 8.69. The van der Waals surface area contributed by atoms with Gasteiger partial charge < -0.3 is 14.6 Å². The van der Waals surface area contributed by atoms with Crippen molar-refractivity contribution in [3.8, 4) is 0 Å². The summed E-state index contributed by atoms with van der Waals surface area (Å²) >= 11 is 0. The second kappa shape index (κ2) is 4.52. The molecule has 0 aliphatic carbocycles. The normalized spacial score (nSPS) is 33.6. The Bertz CT molecular complexity index is 466. The minimum atomic E-state index is -1.43. The van der Waals surface area contributed by atoms with Gasteiger partial charge in [-0.15, -0.1) is 0 Å². The lowest BCUT2D eigenvalue weighted by molar-refractivity contribution is -0.316. The van der Waals surface area contributed by atoms with Crippen molar-refractivity contribution >= 4 is 11.8 Å². The van der Waals surface area contributed by atoms with Gasteiger partial charge in [0.05, 0.1) is 0 Å². The van der Waals surface area contributed by atoms with Gasteiger partial charge in [-0.2, -0.15) is 0 Å². The van der Waals surface area contributed by atoms with Crippen molar-refractivity contribution in [2.45, 2.75) is 84.5 Å². The first kappa shape index (κ1) is 17.4. The van der Waals surface area contributed by atoms with E-state index in [-0.39, 0.29) is 0 Å². The van der Waals surface area contributed by atoms with Crippen molar-refractivity contribution in [3.63, 3.8) is 0 Å². The average Bonchev–Trinajstić information content (AvgIpc) is 2.74. The topological polar surface area (TPSA) is 76.1 Å². The molecule has 2 fully saturated rings. The van der Waals surface area contributed by atoms with Crippen LogP contribution in [0.15, 0.2) is 0 Å². The first-order chi connectivity index (χ1) is 9.63. The molecule has 2 amide bonds. The number of fused-ring (bicyclic) bond motifs is 1. The van der Waals surface area contributed by atoms with Gasteiger partial charge >= 0.3 is 0 Å². The highest BCUT2D eigenvalue weighted by atomic mass is 16.8. The molecule has 0 aromatic heterocycles.